The van der Waals surface area contributed by atoms with Crippen LogP contribution in [-0.2, 0) is 12.8 Å². The summed E-state index contributed by atoms with van der Waals surface area (Å²) in [5, 5.41) is 8.61. The van der Waals surface area contributed by atoms with Gasteiger partial charge in [0, 0.05) is 17.2 Å². The first-order valence-corrected chi connectivity index (χ1v) is 3.93. The fourth-order valence-corrected chi connectivity index (χ4v) is 1.15. The standard InChI is InChI=1S/C8H5F6NO/c9-5-1-3(7(10)11)4(2-16)6(15-5)8(12,13)14/h1,7,16H,2H2. The van der Waals surface area contributed by atoms with Gasteiger partial charge in [0.15, 0.2) is 5.69 Å². The zero-order valence-corrected chi connectivity index (χ0v) is 7.52. The highest BCUT2D eigenvalue weighted by Gasteiger charge is 2.38. The van der Waals surface area contributed by atoms with Crippen molar-refractivity contribution in [1.82, 2.24) is 4.98 Å². The number of hydrogen-bond acceptors (Lipinski definition) is 2. The van der Waals surface area contributed by atoms with E-state index >= 15 is 0 Å². The molecule has 1 aromatic rings. The first-order valence-electron chi connectivity index (χ1n) is 3.93. The predicted octanol–water partition coefficient (Wildman–Crippen LogP) is 2.67. The van der Waals surface area contributed by atoms with E-state index in [2.05, 4.69) is 4.98 Å². The van der Waals surface area contributed by atoms with Crippen LogP contribution in [0.15, 0.2) is 6.07 Å². The van der Waals surface area contributed by atoms with Crippen LogP contribution in [0, 0.1) is 5.95 Å². The largest absolute Gasteiger partial charge is 0.433 e. The molecule has 0 bridgehead atoms. The van der Waals surface area contributed by atoms with Crippen LogP contribution >= 0.6 is 0 Å². The Kier molecular flexibility index (Phi) is 3.41. The number of hydrogen-bond donors (Lipinski definition) is 1. The molecule has 0 aliphatic carbocycles. The molecule has 16 heavy (non-hydrogen) atoms. The molecule has 90 valence electrons. The van der Waals surface area contributed by atoms with Crippen molar-refractivity contribution in [3.63, 3.8) is 0 Å². The Morgan fingerprint density at radius 1 is 1.31 bits per heavy atom. The van der Waals surface area contributed by atoms with Crippen molar-refractivity contribution < 1.29 is 31.4 Å². The summed E-state index contributed by atoms with van der Waals surface area (Å²) in [6.07, 6.45) is -8.41. The molecular weight excluding hydrogens is 240 g/mol. The second kappa shape index (κ2) is 4.28. The minimum atomic E-state index is -5.09. The van der Waals surface area contributed by atoms with E-state index in [1.54, 1.807) is 0 Å². The molecule has 0 aliphatic heterocycles. The van der Waals surface area contributed by atoms with Crippen molar-refractivity contribution in [2.24, 2.45) is 0 Å². The summed E-state index contributed by atoms with van der Waals surface area (Å²) in [7, 11) is 0. The first-order chi connectivity index (χ1) is 7.27. The van der Waals surface area contributed by atoms with E-state index in [1.807, 2.05) is 0 Å². The van der Waals surface area contributed by atoms with Gasteiger partial charge >= 0.3 is 6.18 Å². The van der Waals surface area contributed by atoms with Gasteiger partial charge < -0.3 is 5.11 Å². The maximum Gasteiger partial charge on any atom is 0.433 e. The average Bonchev–Trinajstić information content (AvgIpc) is 2.14. The van der Waals surface area contributed by atoms with Crippen molar-refractivity contribution in [2.75, 3.05) is 0 Å². The van der Waals surface area contributed by atoms with E-state index in [1.165, 1.54) is 0 Å². The van der Waals surface area contributed by atoms with Crippen LogP contribution in [0.2, 0.25) is 0 Å². The van der Waals surface area contributed by atoms with Crippen LogP contribution in [0.25, 0.3) is 0 Å². The van der Waals surface area contributed by atoms with E-state index in [9.17, 15) is 26.3 Å². The van der Waals surface area contributed by atoms with Crippen LogP contribution in [0.3, 0.4) is 0 Å². The maximum atomic E-state index is 12.6. The summed E-state index contributed by atoms with van der Waals surface area (Å²) in [5.74, 6) is -1.67. The minimum absolute atomic E-state index is 0.172. The SMILES string of the molecule is OCc1c(C(F)F)cc(F)nc1C(F)(F)F. The lowest BCUT2D eigenvalue weighted by molar-refractivity contribution is -0.142. The van der Waals surface area contributed by atoms with E-state index in [-0.39, 0.29) is 6.07 Å². The second-order valence-electron chi connectivity index (χ2n) is 2.82. The van der Waals surface area contributed by atoms with E-state index in [0.29, 0.717) is 0 Å². The number of pyridine rings is 1. The van der Waals surface area contributed by atoms with Crippen molar-refractivity contribution in [1.29, 1.82) is 0 Å². The summed E-state index contributed by atoms with van der Waals surface area (Å²) in [4.78, 5) is 2.47. The molecule has 1 N–H and O–H groups in total. The molecule has 0 spiro atoms. The smallest absolute Gasteiger partial charge is 0.392 e. The second-order valence-corrected chi connectivity index (χ2v) is 2.82. The fraction of sp³-hybridized carbons (Fsp3) is 0.375. The quantitative estimate of drug-likeness (QED) is 0.641. The zero-order chi connectivity index (χ0) is 12.5. The zero-order valence-electron chi connectivity index (χ0n) is 7.52. The molecule has 2 nitrogen and oxygen atoms in total. The monoisotopic (exact) mass is 245 g/mol. The minimum Gasteiger partial charge on any atom is -0.392 e. The van der Waals surface area contributed by atoms with Crippen molar-refractivity contribution in [2.45, 2.75) is 19.2 Å². The Labute approximate surface area is 85.5 Å². The maximum absolute atomic E-state index is 12.6. The van der Waals surface area contributed by atoms with Gasteiger partial charge in [-0.3, -0.25) is 0 Å². The molecule has 0 amide bonds. The molecule has 0 unspecified atom stereocenters. The highest BCUT2D eigenvalue weighted by atomic mass is 19.4. The highest BCUT2D eigenvalue weighted by molar-refractivity contribution is 5.32. The number of nitrogens with zero attached hydrogens (tertiary/aromatic N) is 1. The summed E-state index contributed by atoms with van der Waals surface area (Å²) in [6, 6.07) is 0.172. The van der Waals surface area contributed by atoms with Gasteiger partial charge in [0.1, 0.15) is 0 Å². The van der Waals surface area contributed by atoms with Gasteiger partial charge in [-0.2, -0.15) is 17.6 Å². The lowest BCUT2D eigenvalue weighted by Gasteiger charge is -2.13. The number of halogens is 6. The van der Waals surface area contributed by atoms with Crippen molar-refractivity contribution in [3.8, 4) is 0 Å². The summed E-state index contributed by atoms with van der Waals surface area (Å²) in [5.41, 5.74) is -4.14. The molecule has 1 heterocycles. The van der Waals surface area contributed by atoms with Crippen molar-refractivity contribution in [3.05, 3.63) is 28.8 Å². The third-order valence-corrected chi connectivity index (χ3v) is 1.79. The molecule has 0 aliphatic rings. The van der Waals surface area contributed by atoms with Crippen LogP contribution in [0.5, 0.6) is 0 Å². The van der Waals surface area contributed by atoms with E-state index in [0.717, 1.165) is 0 Å². The van der Waals surface area contributed by atoms with Gasteiger partial charge in [0.05, 0.1) is 6.61 Å². The van der Waals surface area contributed by atoms with Gasteiger partial charge in [0.2, 0.25) is 5.95 Å². The average molecular weight is 245 g/mol. The Bertz CT molecular complexity index is 389. The topological polar surface area (TPSA) is 33.1 Å². The fourth-order valence-electron chi connectivity index (χ4n) is 1.15. The molecule has 0 aromatic carbocycles. The third kappa shape index (κ3) is 2.43. The number of aliphatic hydroxyl groups excluding tert-OH is 1. The van der Waals surface area contributed by atoms with E-state index < -0.39 is 42.0 Å². The summed E-state index contributed by atoms with van der Waals surface area (Å²) >= 11 is 0. The summed E-state index contributed by atoms with van der Waals surface area (Å²) in [6.45, 7) is -1.29. The lowest BCUT2D eigenvalue weighted by atomic mass is 10.1. The Morgan fingerprint density at radius 3 is 2.25 bits per heavy atom. The third-order valence-electron chi connectivity index (χ3n) is 1.79. The molecule has 0 atom stereocenters. The van der Waals surface area contributed by atoms with Crippen molar-refractivity contribution >= 4 is 0 Å². The number of rotatable bonds is 2. The number of aromatic nitrogens is 1. The predicted molar refractivity (Wildman–Crippen MR) is 40.1 cm³/mol. The van der Waals surface area contributed by atoms with Crippen LogP contribution in [0.1, 0.15) is 23.2 Å². The first kappa shape index (κ1) is 12.8. The lowest BCUT2D eigenvalue weighted by Crippen LogP contribution is -2.15. The molecular formula is C8H5F6NO. The van der Waals surface area contributed by atoms with Crippen LogP contribution in [0.4, 0.5) is 26.3 Å². The molecule has 0 fully saturated rings. The Balaban J connectivity index is 3.49. The molecule has 1 aromatic heterocycles. The normalized spacial score (nSPS) is 12.2. The molecule has 1 rings (SSSR count). The molecule has 0 saturated heterocycles. The van der Waals surface area contributed by atoms with Gasteiger partial charge in [-0.05, 0) is 0 Å². The van der Waals surface area contributed by atoms with Gasteiger partial charge in [0.25, 0.3) is 6.43 Å². The highest BCUT2D eigenvalue weighted by Crippen LogP contribution is 2.35. The number of alkyl halides is 5. The Morgan fingerprint density at radius 2 is 1.88 bits per heavy atom. The van der Waals surface area contributed by atoms with E-state index in [4.69, 9.17) is 5.11 Å². The molecule has 0 radical (unpaired) electrons. The van der Waals surface area contributed by atoms with Gasteiger partial charge in [-0.1, -0.05) is 0 Å². The van der Waals surface area contributed by atoms with Gasteiger partial charge in [-0.25, -0.2) is 13.8 Å². The number of aliphatic hydroxyl groups is 1. The van der Waals surface area contributed by atoms with Gasteiger partial charge in [-0.15, -0.1) is 0 Å². The molecule has 8 heteroatoms. The van der Waals surface area contributed by atoms with Crippen LogP contribution in [-0.4, -0.2) is 10.1 Å². The summed E-state index contributed by atoms with van der Waals surface area (Å²) < 4.78 is 74.0. The Hall–Kier alpha value is -1.31. The van der Waals surface area contributed by atoms with Crippen LogP contribution < -0.4 is 0 Å². The molecule has 0 saturated carbocycles.